The number of piperidine rings is 1. The van der Waals surface area contributed by atoms with Crippen LogP contribution >= 0.6 is 0 Å². The van der Waals surface area contributed by atoms with Crippen LogP contribution in [-0.4, -0.2) is 61.9 Å². The van der Waals surface area contributed by atoms with E-state index in [1.165, 1.54) is 6.07 Å². The van der Waals surface area contributed by atoms with E-state index < -0.39 is 0 Å². The predicted octanol–water partition coefficient (Wildman–Crippen LogP) is 2.63. The number of anilines is 1. The van der Waals surface area contributed by atoms with Crippen LogP contribution in [0.15, 0.2) is 36.8 Å². The van der Waals surface area contributed by atoms with E-state index in [1.54, 1.807) is 24.7 Å². The molecule has 1 fully saturated rings. The molecule has 5 rings (SSSR count). The van der Waals surface area contributed by atoms with Crippen molar-refractivity contribution in [1.29, 1.82) is 0 Å². The lowest BCUT2D eigenvalue weighted by Crippen LogP contribution is -2.38. The van der Waals surface area contributed by atoms with Crippen molar-refractivity contribution in [3.63, 3.8) is 0 Å². The topological polar surface area (TPSA) is 109 Å². The number of H-pyrrole nitrogens is 1. The molecule has 0 saturated carbocycles. The second-order valence-electron chi connectivity index (χ2n) is 8.64. The Kier molecular flexibility index (Phi) is 6.14. The molecule has 10 heteroatoms. The van der Waals surface area contributed by atoms with Gasteiger partial charge in [-0.05, 0) is 61.3 Å². The van der Waals surface area contributed by atoms with Crippen molar-refractivity contribution in [2.24, 2.45) is 5.92 Å². The van der Waals surface area contributed by atoms with Crippen LogP contribution in [0.4, 0.5) is 10.3 Å². The van der Waals surface area contributed by atoms with Crippen LogP contribution in [0.25, 0.3) is 0 Å². The molecule has 0 bridgehead atoms. The van der Waals surface area contributed by atoms with E-state index in [-0.39, 0.29) is 17.8 Å². The van der Waals surface area contributed by atoms with Crippen molar-refractivity contribution >= 4 is 11.9 Å². The minimum atomic E-state index is -0.211. The molecule has 0 spiro atoms. The highest BCUT2D eigenvalue weighted by Crippen LogP contribution is 2.25. The number of hydrogen-bond acceptors (Lipinski definition) is 7. The third-order valence-electron chi connectivity index (χ3n) is 6.40. The number of halogens is 1. The number of aromatic amines is 1. The standard InChI is InChI=1S/C23H26FN7O2/c24-19-2-1-16-10-20(11-17(16)9-19)28-23-25-12-18(13-26-23)22(32)31-6-3-15(4-7-31)5-8-33-21-14-27-30-29-21/h1-2,9,12-15,20H,3-8,10-11H2,(H,25,26,28)(H,27,29,30). The Labute approximate surface area is 190 Å². The van der Waals surface area contributed by atoms with E-state index in [2.05, 4.69) is 30.7 Å². The Morgan fingerprint density at radius 1 is 1.15 bits per heavy atom. The molecule has 1 aromatic carbocycles. The highest BCUT2D eigenvalue weighted by molar-refractivity contribution is 5.93. The molecule has 1 atom stereocenters. The summed E-state index contributed by atoms with van der Waals surface area (Å²) in [6, 6.07) is 5.04. The number of nitrogens with one attached hydrogen (secondary N) is 2. The molecule has 1 amide bonds. The molecule has 3 heterocycles. The van der Waals surface area contributed by atoms with Gasteiger partial charge >= 0.3 is 0 Å². The minimum absolute atomic E-state index is 0.0393. The van der Waals surface area contributed by atoms with Crippen LogP contribution in [0, 0.1) is 11.7 Å². The van der Waals surface area contributed by atoms with Crippen molar-refractivity contribution in [3.8, 4) is 5.88 Å². The lowest BCUT2D eigenvalue weighted by atomic mass is 9.93. The van der Waals surface area contributed by atoms with Gasteiger partial charge in [0, 0.05) is 31.5 Å². The SMILES string of the molecule is O=C(c1cnc(NC2Cc3ccc(F)cc3C2)nc1)N1CCC(CCOc2cn[nH]n2)CC1. The van der Waals surface area contributed by atoms with Gasteiger partial charge < -0.3 is 15.0 Å². The molecule has 1 aliphatic heterocycles. The number of hydrogen-bond donors (Lipinski definition) is 2. The average molecular weight is 452 g/mol. The molecule has 1 unspecified atom stereocenters. The number of benzene rings is 1. The van der Waals surface area contributed by atoms with E-state index >= 15 is 0 Å². The molecule has 3 aromatic rings. The number of likely N-dealkylation sites (tertiary alicyclic amines) is 1. The Morgan fingerprint density at radius 3 is 2.70 bits per heavy atom. The number of carbonyl (C=O) groups is 1. The predicted molar refractivity (Wildman–Crippen MR) is 118 cm³/mol. The minimum Gasteiger partial charge on any atom is -0.475 e. The number of amides is 1. The summed E-state index contributed by atoms with van der Waals surface area (Å²) < 4.78 is 19.0. The average Bonchev–Trinajstić information content (AvgIpc) is 3.49. The second-order valence-corrected chi connectivity index (χ2v) is 8.64. The molecule has 1 saturated heterocycles. The van der Waals surface area contributed by atoms with Crippen LogP contribution in [-0.2, 0) is 12.8 Å². The van der Waals surface area contributed by atoms with Crippen LogP contribution in [0.5, 0.6) is 5.88 Å². The normalized spacial score (nSPS) is 18.2. The summed E-state index contributed by atoms with van der Waals surface area (Å²) in [6.45, 7) is 2.02. The first kappa shape index (κ1) is 21.3. The number of carbonyl (C=O) groups excluding carboxylic acids is 1. The first-order valence-electron chi connectivity index (χ1n) is 11.3. The molecule has 9 nitrogen and oxygen atoms in total. The van der Waals surface area contributed by atoms with Crippen molar-refractivity contribution in [1.82, 2.24) is 30.3 Å². The largest absolute Gasteiger partial charge is 0.475 e. The zero-order valence-corrected chi connectivity index (χ0v) is 18.2. The maximum atomic E-state index is 13.4. The number of nitrogens with zero attached hydrogens (tertiary/aromatic N) is 5. The molecular formula is C23H26FN7O2. The quantitative estimate of drug-likeness (QED) is 0.568. The van der Waals surface area contributed by atoms with Gasteiger partial charge in [0.25, 0.3) is 11.8 Å². The summed E-state index contributed by atoms with van der Waals surface area (Å²) in [7, 11) is 0. The van der Waals surface area contributed by atoms with E-state index in [0.29, 0.717) is 43.0 Å². The summed E-state index contributed by atoms with van der Waals surface area (Å²) in [4.78, 5) is 23.4. The Bertz CT molecular complexity index is 1080. The zero-order chi connectivity index (χ0) is 22.6. The van der Waals surface area contributed by atoms with E-state index in [4.69, 9.17) is 4.74 Å². The highest BCUT2D eigenvalue weighted by atomic mass is 19.1. The maximum absolute atomic E-state index is 13.4. The number of fused-ring (bicyclic) bond motifs is 1. The first-order valence-corrected chi connectivity index (χ1v) is 11.3. The Morgan fingerprint density at radius 2 is 1.94 bits per heavy atom. The summed E-state index contributed by atoms with van der Waals surface area (Å²) in [5.41, 5.74) is 2.66. The molecule has 172 valence electrons. The third-order valence-corrected chi connectivity index (χ3v) is 6.40. The van der Waals surface area contributed by atoms with Gasteiger partial charge in [0.05, 0.1) is 12.2 Å². The molecular weight excluding hydrogens is 425 g/mol. The van der Waals surface area contributed by atoms with Crippen molar-refractivity contribution in [3.05, 3.63) is 59.3 Å². The lowest BCUT2D eigenvalue weighted by Gasteiger charge is -2.31. The highest BCUT2D eigenvalue weighted by Gasteiger charge is 2.25. The van der Waals surface area contributed by atoms with Gasteiger partial charge in [-0.25, -0.2) is 14.4 Å². The van der Waals surface area contributed by atoms with E-state index in [0.717, 1.165) is 43.2 Å². The van der Waals surface area contributed by atoms with E-state index in [1.807, 2.05) is 11.0 Å². The zero-order valence-electron chi connectivity index (χ0n) is 18.2. The third kappa shape index (κ3) is 5.10. The van der Waals surface area contributed by atoms with Crippen molar-refractivity contribution < 1.29 is 13.9 Å². The number of ether oxygens (including phenoxy) is 1. The molecule has 2 N–H and O–H groups in total. The maximum Gasteiger partial charge on any atom is 0.256 e. The molecule has 0 radical (unpaired) electrons. The van der Waals surface area contributed by atoms with Crippen LogP contribution < -0.4 is 10.1 Å². The number of aromatic nitrogens is 5. The van der Waals surface area contributed by atoms with Gasteiger partial charge in [-0.3, -0.25) is 4.79 Å². The summed E-state index contributed by atoms with van der Waals surface area (Å²) in [5, 5.41) is 13.4. The fraction of sp³-hybridized carbons (Fsp3) is 0.435. The summed E-state index contributed by atoms with van der Waals surface area (Å²) in [5.74, 6) is 1.26. The smallest absolute Gasteiger partial charge is 0.256 e. The van der Waals surface area contributed by atoms with Crippen LogP contribution in [0.1, 0.15) is 40.7 Å². The second kappa shape index (κ2) is 9.51. The fourth-order valence-corrected chi connectivity index (χ4v) is 4.58. The van der Waals surface area contributed by atoms with E-state index in [9.17, 15) is 9.18 Å². The molecule has 2 aliphatic rings. The van der Waals surface area contributed by atoms with Crippen molar-refractivity contribution in [2.75, 3.05) is 25.0 Å². The lowest BCUT2D eigenvalue weighted by molar-refractivity contribution is 0.0679. The van der Waals surface area contributed by atoms with Gasteiger partial charge in [-0.1, -0.05) is 6.07 Å². The Hall–Kier alpha value is -3.56. The van der Waals surface area contributed by atoms with Gasteiger partial charge in [-0.2, -0.15) is 10.3 Å². The summed E-state index contributed by atoms with van der Waals surface area (Å²) in [6.07, 6.45) is 9.06. The van der Waals surface area contributed by atoms with Gasteiger partial charge in [0.15, 0.2) is 0 Å². The molecule has 33 heavy (non-hydrogen) atoms. The van der Waals surface area contributed by atoms with Crippen LogP contribution in [0.3, 0.4) is 0 Å². The van der Waals surface area contributed by atoms with Gasteiger partial charge in [-0.15, -0.1) is 5.10 Å². The van der Waals surface area contributed by atoms with Crippen molar-refractivity contribution in [2.45, 2.75) is 38.1 Å². The van der Waals surface area contributed by atoms with Crippen LogP contribution in [0.2, 0.25) is 0 Å². The Balaban J connectivity index is 1.08. The molecule has 2 aromatic heterocycles. The van der Waals surface area contributed by atoms with Gasteiger partial charge in [0.2, 0.25) is 5.95 Å². The monoisotopic (exact) mass is 451 g/mol. The number of rotatable bonds is 7. The first-order chi connectivity index (χ1) is 16.1. The van der Waals surface area contributed by atoms with Gasteiger partial charge in [0.1, 0.15) is 12.0 Å². The fourth-order valence-electron chi connectivity index (χ4n) is 4.58. The molecule has 1 aliphatic carbocycles. The summed E-state index contributed by atoms with van der Waals surface area (Å²) >= 11 is 0.